The van der Waals surface area contributed by atoms with Gasteiger partial charge in [-0.25, -0.2) is 0 Å². The summed E-state index contributed by atoms with van der Waals surface area (Å²) in [4.78, 5) is 12.6. The van der Waals surface area contributed by atoms with Gasteiger partial charge in [0.15, 0.2) is 5.75 Å². The van der Waals surface area contributed by atoms with Gasteiger partial charge in [0.05, 0.1) is 11.5 Å². The van der Waals surface area contributed by atoms with E-state index in [1.807, 2.05) is 25.7 Å². The highest BCUT2D eigenvalue weighted by atomic mass is 16.6. The van der Waals surface area contributed by atoms with Gasteiger partial charge in [0.2, 0.25) is 0 Å². The largest absolute Gasteiger partial charge is 0.487 e. The summed E-state index contributed by atoms with van der Waals surface area (Å²) in [6, 6.07) is 4.86. The average molecular weight is 294 g/mol. The Kier molecular flexibility index (Phi) is 4.37. The van der Waals surface area contributed by atoms with Crippen molar-refractivity contribution in [2.24, 2.45) is 5.92 Å². The smallest absolute Gasteiger partial charge is 0.311 e. The summed E-state index contributed by atoms with van der Waals surface area (Å²) in [6.45, 7) is 7.45. The van der Waals surface area contributed by atoms with Crippen molar-refractivity contribution in [3.63, 3.8) is 0 Å². The summed E-state index contributed by atoms with van der Waals surface area (Å²) < 4.78 is 5.48. The van der Waals surface area contributed by atoms with Crippen LogP contribution in [0, 0.1) is 16.0 Å². The van der Waals surface area contributed by atoms with E-state index < -0.39 is 10.5 Å². The number of hydrogen-bond donors (Lipinski definition) is 1. The molecule has 6 heteroatoms. The lowest BCUT2D eigenvalue weighted by molar-refractivity contribution is -0.385. The van der Waals surface area contributed by atoms with Gasteiger partial charge in [0.25, 0.3) is 0 Å². The van der Waals surface area contributed by atoms with Crippen LogP contribution in [0.1, 0.15) is 27.2 Å². The third-order valence-corrected chi connectivity index (χ3v) is 3.97. The van der Waals surface area contributed by atoms with E-state index in [4.69, 9.17) is 4.74 Å². The van der Waals surface area contributed by atoms with Crippen molar-refractivity contribution in [1.82, 2.24) is 0 Å². The maximum atomic E-state index is 11.0. The number of nitro benzene ring substituents is 1. The van der Waals surface area contributed by atoms with Crippen LogP contribution in [0.5, 0.6) is 5.75 Å². The predicted octanol–water partition coefficient (Wildman–Crippen LogP) is 2.59. The molecule has 0 bridgehead atoms. The molecular weight excluding hydrogens is 272 g/mol. The Labute approximate surface area is 124 Å². The second-order valence-electron chi connectivity index (χ2n) is 5.87. The number of anilines is 1. The molecule has 1 saturated heterocycles. The topological polar surface area (TPSA) is 75.8 Å². The Morgan fingerprint density at radius 2 is 2.14 bits per heavy atom. The number of hydrogen-bond acceptors (Lipinski definition) is 5. The van der Waals surface area contributed by atoms with Gasteiger partial charge in [-0.1, -0.05) is 20.8 Å². The molecule has 1 aliphatic rings. The Hall–Kier alpha value is -1.82. The molecule has 0 unspecified atom stereocenters. The quantitative estimate of drug-likeness (QED) is 0.644. The zero-order chi connectivity index (χ0) is 15.6. The summed E-state index contributed by atoms with van der Waals surface area (Å²) in [7, 11) is 0. The van der Waals surface area contributed by atoms with Crippen molar-refractivity contribution in [3.8, 4) is 5.75 Å². The Morgan fingerprint density at radius 3 is 2.67 bits per heavy atom. The summed E-state index contributed by atoms with van der Waals surface area (Å²) in [5.41, 5.74) is 0.149. The molecule has 21 heavy (non-hydrogen) atoms. The summed E-state index contributed by atoms with van der Waals surface area (Å²) >= 11 is 0. The maximum Gasteiger partial charge on any atom is 0.311 e. The van der Waals surface area contributed by atoms with Crippen LogP contribution in [0.2, 0.25) is 0 Å². The highest BCUT2D eigenvalue weighted by molar-refractivity contribution is 5.61. The van der Waals surface area contributed by atoms with Crippen molar-refractivity contribution >= 4 is 11.4 Å². The van der Waals surface area contributed by atoms with Crippen molar-refractivity contribution < 1.29 is 14.8 Å². The van der Waals surface area contributed by atoms with Crippen LogP contribution in [-0.4, -0.2) is 35.3 Å². The van der Waals surface area contributed by atoms with E-state index in [2.05, 4.69) is 0 Å². The predicted molar refractivity (Wildman–Crippen MR) is 80.9 cm³/mol. The zero-order valence-corrected chi connectivity index (χ0v) is 12.7. The Bertz CT molecular complexity index is 524. The molecule has 0 atom stereocenters. The lowest BCUT2D eigenvalue weighted by Gasteiger charge is -2.50. The molecule has 0 aliphatic carbocycles. The molecule has 6 nitrogen and oxygen atoms in total. The lowest BCUT2D eigenvalue weighted by Crippen LogP contribution is -2.64. The van der Waals surface area contributed by atoms with Gasteiger partial charge in [-0.3, -0.25) is 10.1 Å². The SMILES string of the molecule is CCCOc1cc(N2CC(O)(C(C)C)C2)ccc1[N+](=O)[O-]. The molecule has 1 heterocycles. The number of nitrogens with zero attached hydrogens (tertiary/aromatic N) is 2. The van der Waals surface area contributed by atoms with Crippen molar-refractivity contribution in [2.75, 3.05) is 24.6 Å². The third kappa shape index (κ3) is 3.10. The van der Waals surface area contributed by atoms with E-state index in [1.54, 1.807) is 12.1 Å². The Balaban J connectivity index is 2.17. The van der Waals surface area contributed by atoms with Crippen molar-refractivity contribution in [2.45, 2.75) is 32.8 Å². The number of ether oxygens (including phenoxy) is 1. The van der Waals surface area contributed by atoms with Crippen LogP contribution >= 0.6 is 0 Å². The number of benzene rings is 1. The fourth-order valence-electron chi connectivity index (χ4n) is 2.34. The molecule has 1 aromatic rings. The first-order valence-corrected chi connectivity index (χ1v) is 7.26. The second kappa shape index (κ2) is 5.89. The minimum absolute atomic E-state index is 0.0214. The summed E-state index contributed by atoms with van der Waals surface area (Å²) in [6.07, 6.45) is 0.790. The zero-order valence-electron chi connectivity index (χ0n) is 12.7. The molecule has 0 amide bonds. The number of rotatable bonds is 6. The first-order chi connectivity index (χ1) is 9.87. The number of β-amino-alcohol motifs (C(OH)–C–C–N with tert-alkyl or cyclic N) is 1. The lowest BCUT2D eigenvalue weighted by atomic mass is 9.82. The molecular formula is C15H22N2O4. The van der Waals surface area contributed by atoms with E-state index in [1.165, 1.54) is 6.07 Å². The minimum Gasteiger partial charge on any atom is -0.487 e. The number of aliphatic hydroxyl groups is 1. The first-order valence-electron chi connectivity index (χ1n) is 7.26. The van der Waals surface area contributed by atoms with Gasteiger partial charge in [-0.2, -0.15) is 0 Å². The van der Waals surface area contributed by atoms with Gasteiger partial charge in [-0.15, -0.1) is 0 Å². The molecule has 1 aliphatic heterocycles. The fourth-order valence-corrected chi connectivity index (χ4v) is 2.34. The molecule has 1 fully saturated rings. The van der Waals surface area contributed by atoms with E-state index in [9.17, 15) is 15.2 Å². The van der Waals surface area contributed by atoms with Crippen LogP contribution < -0.4 is 9.64 Å². The summed E-state index contributed by atoms with van der Waals surface area (Å²) in [5.74, 6) is 0.474. The van der Waals surface area contributed by atoms with Gasteiger partial charge in [-0.05, 0) is 18.4 Å². The fraction of sp³-hybridized carbons (Fsp3) is 0.600. The monoisotopic (exact) mass is 294 g/mol. The molecule has 1 N–H and O–H groups in total. The van der Waals surface area contributed by atoms with Crippen LogP contribution in [0.25, 0.3) is 0 Å². The van der Waals surface area contributed by atoms with Crippen LogP contribution in [0.4, 0.5) is 11.4 Å². The van der Waals surface area contributed by atoms with Crippen LogP contribution in [-0.2, 0) is 0 Å². The second-order valence-corrected chi connectivity index (χ2v) is 5.87. The van der Waals surface area contributed by atoms with Crippen LogP contribution in [0.3, 0.4) is 0 Å². The standard InChI is InChI=1S/C15H22N2O4/c1-4-7-21-14-8-12(5-6-13(14)17(19)20)16-9-15(18,10-16)11(2)3/h5-6,8,11,18H,4,7,9-10H2,1-3H3. The van der Waals surface area contributed by atoms with Gasteiger partial charge < -0.3 is 14.7 Å². The molecule has 2 rings (SSSR count). The first kappa shape index (κ1) is 15.6. The van der Waals surface area contributed by atoms with E-state index >= 15 is 0 Å². The van der Waals surface area contributed by atoms with E-state index in [0.717, 1.165) is 12.1 Å². The highest BCUT2D eigenvalue weighted by Crippen LogP contribution is 2.37. The molecule has 0 spiro atoms. The molecule has 116 valence electrons. The molecule has 0 radical (unpaired) electrons. The molecule has 0 aromatic heterocycles. The van der Waals surface area contributed by atoms with Crippen molar-refractivity contribution in [3.05, 3.63) is 28.3 Å². The van der Waals surface area contributed by atoms with E-state index in [0.29, 0.717) is 25.4 Å². The van der Waals surface area contributed by atoms with E-state index in [-0.39, 0.29) is 11.6 Å². The molecule has 1 aromatic carbocycles. The van der Waals surface area contributed by atoms with Crippen LogP contribution in [0.15, 0.2) is 18.2 Å². The highest BCUT2D eigenvalue weighted by Gasteiger charge is 2.44. The summed E-state index contributed by atoms with van der Waals surface area (Å²) in [5, 5.41) is 21.3. The number of nitro groups is 1. The van der Waals surface area contributed by atoms with Gasteiger partial charge in [0, 0.05) is 30.9 Å². The minimum atomic E-state index is -0.674. The third-order valence-electron chi connectivity index (χ3n) is 3.97. The van der Waals surface area contributed by atoms with Gasteiger partial charge >= 0.3 is 5.69 Å². The normalized spacial score (nSPS) is 16.7. The average Bonchev–Trinajstić information content (AvgIpc) is 2.40. The molecule has 0 saturated carbocycles. The Morgan fingerprint density at radius 1 is 1.48 bits per heavy atom. The van der Waals surface area contributed by atoms with Crippen molar-refractivity contribution in [1.29, 1.82) is 0 Å². The van der Waals surface area contributed by atoms with Gasteiger partial charge in [0.1, 0.15) is 5.60 Å². The maximum absolute atomic E-state index is 11.0.